The number of carbonyl (C=O) groups excluding carboxylic acids is 2. The third-order valence-electron chi connectivity index (χ3n) is 5.69. The number of hydrogen-bond acceptors (Lipinski definition) is 6. The van der Waals surface area contributed by atoms with Gasteiger partial charge in [-0.1, -0.05) is 25.3 Å². The Morgan fingerprint density at radius 2 is 1.67 bits per heavy atom. The van der Waals surface area contributed by atoms with Crippen molar-refractivity contribution in [3.05, 3.63) is 41.5 Å². The van der Waals surface area contributed by atoms with Gasteiger partial charge in [0.05, 0.1) is 38.1 Å². The molecule has 3 rings (SSSR count). The molecule has 1 aliphatic rings. The van der Waals surface area contributed by atoms with E-state index in [0.29, 0.717) is 11.4 Å². The van der Waals surface area contributed by atoms with E-state index in [0.717, 1.165) is 25.7 Å². The Kier molecular flexibility index (Phi) is 7.76. The maximum Gasteiger partial charge on any atom is 0.249 e. The first kappa shape index (κ1) is 23.9. The van der Waals surface area contributed by atoms with Crippen molar-refractivity contribution >= 4 is 29.0 Å². The van der Waals surface area contributed by atoms with Crippen LogP contribution in [0, 0.1) is 5.92 Å². The molecule has 9 heteroatoms. The molecule has 1 fully saturated rings. The topological polar surface area (TPSA) is 138 Å². The number of primary amides is 1. The van der Waals surface area contributed by atoms with Crippen molar-refractivity contribution in [2.45, 2.75) is 32.1 Å². The number of nitrogens with zero attached hydrogens (tertiary/aromatic N) is 1. The van der Waals surface area contributed by atoms with Crippen LogP contribution < -0.4 is 31.0 Å². The lowest BCUT2D eigenvalue weighted by atomic mass is 9.88. The van der Waals surface area contributed by atoms with Gasteiger partial charge in [0.25, 0.3) is 0 Å². The molecule has 176 valence electrons. The highest BCUT2D eigenvalue weighted by molar-refractivity contribution is 6.12. The Morgan fingerprint density at radius 3 is 2.27 bits per heavy atom. The third-order valence-corrected chi connectivity index (χ3v) is 5.69. The predicted molar refractivity (Wildman–Crippen MR) is 127 cm³/mol. The minimum atomic E-state index is -0.726. The third kappa shape index (κ3) is 5.36. The number of rotatable bonds is 8. The Balaban J connectivity index is 1.97. The van der Waals surface area contributed by atoms with Crippen LogP contribution in [0.2, 0.25) is 0 Å². The smallest absolute Gasteiger partial charge is 0.249 e. The Bertz CT molecular complexity index is 1060. The molecule has 0 saturated heterocycles. The van der Waals surface area contributed by atoms with Gasteiger partial charge < -0.3 is 31.0 Å². The van der Waals surface area contributed by atoms with E-state index in [1.807, 2.05) is 0 Å². The molecule has 0 bridgehead atoms. The Labute approximate surface area is 193 Å². The lowest BCUT2D eigenvalue weighted by molar-refractivity contribution is -0.120. The van der Waals surface area contributed by atoms with Gasteiger partial charge in [-0.3, -0.25) is 9.59 Å². The SMILES string of the molecule is COc1cc(C(N)=O)c(C(N)=Nc2cccc(NC(=O)C3CCCCC3)c2)c(OC)c1OC. The van der Waals surface area contributed by atoms with E-state index in [4.69, 9.17) is 25.7 Å². The van der Waals surface area contributed by atoms with Crippen LogP contribution in [0.5, 0.6) is 17.2 Å². The number of benzene rings is 2. The predicted octanol–water partition coefficient (Wildman–Crippen LogP) is 3.37. The van der Waals surface area contributed by atoms with Crippen molar-refractivity contribution in [3.8, 4) is 17.2 Å². The number of nitrogens with two attached hydrogens (primary N) is 2. The molecule has 5 N–H and O–H groups in total. The van der Waals surface area contributed by atoms with E-state index >= 15 is 0 Å². The zero-order chi connectivity index (χ0) is 24.0. The number of amides is 2. The van der Waals surface area contributed by atoms with Gasteiger partial charge in [0, 0.05) is 11.6 Å². The summed E-state index contributed by atoms with van der Waals surface area (Å²) < 4.78 is 16.2. The zero-order valence-electron chi connectivity index (χ0n) is 19.1. The van der Waals surface area contributed by atoms with Crippen LogP contribution in [0.1, 0.15) is 48.0 Å². The number of methoxy groups -OCH3 is 3. The molecule has 9 nitrogen and oxygen atoms in total. The lowest BCUT2D eigenvalue weighted by Gasteiger charge is -2.20. The molecule has 0 aromatic heterocycles. The second kappa shape index (κ2) is 10.7. The minimum Gasteiger partial charge on any atom is -0.493 e. The van der Waals surface area contributed by atoms with E-state index in [9.17, 15) is 9.59 Å². The summed E-state index contributed by atoms with van der Waals surface area (Å²) in [6.45, 7) is 0. The van der Waals surface area contributed by atoms with Crippen molar-refractivity contribution in [3.63, 3.8) is 0 Å². The molecule has 2 aromatic rings. The molecular weight excluding hydrogens is 424 g/mol. The van der Waals surface area contributed by atoms with Crippen molar-refractivity contribution in [2.75, 3.05) is 26.6 Å². The van der Waals surface area contributed by atoms with Gasteiger partial charge in [-0.25, -0.2) is 4.99 Å². The number of nitrogens with one attached hydrogen (secondary N) is 1. The van der Waals surface area contributed by atoms with Gasteiger partial charge in [-0.05, 0) is 37.1 Å². The Hall–Kier alpha value is -3.75. The summed E-state index contributed by atoms with van der Waals surface area (Å²) >= 11 is 0. The minimum absolute atomic E-state index is 0.00244. The highest BCUT2D eigenvalue weighted by atomic mass is 16.5. The van der Waals surface area contributed by atoms with E-state index in [1.165, 1.54) is 33.8 Å². The molecule has 33 heavy (non-hydrogen) atoms. The lowest BCUT2D eigenvalue weighted by Crippen LogP contribution is -2.24. The number of aliphatic imine (C=N–C) groups is 1. The maximum atomic E-state index is 12.6. The summed E-state index contributed by atoms with van der Waals surface area (Å²) in [5.74, 6) is 0.0205. The summed E-state index contributed by atoms with van der Waals surface area (Å²) in [5, 5.41) is 2.97. The average molecular weight is 455 g/mol. The second-order valence-corrected chi connectivity index (χ2v) is 7.80. The molecule has 2 amide bonds. The molecule has 0 spiro atoms. The number of carbonyl (C=O) groups is 2. The molecule has 0 heterocycles. The first-order chi connectivity index (χ1) is 15.9. The first-order valence-electron chi connectivity index (χ1n) is 10.8. The quantitative estimate of drug-likeness (QED) is 0.413. The molecule has 1 saturated carbocycles. The molecule has 0 atom stereocenters. The summed E-state index contributed by atoms with van der Waals surface area (Å²) in [4.78, 5) is 29.2. The molecule has 1 aliphatic carbocycles. The molecule has 2 aromatic carbocycles. The van der Waals surface area contributed by atoms with Crippen LogP contribution in [0.15, 0.2) is 35.3 Å². The average Bonchev–Trinajstić information content (AvgIpc) is 2.83. The van der Waals surface area contributed by atoms with Crippen LogP contribution >= 0.6 is 0 Å². The highest BCUT2D eigenvalue weighted by Gasteiger charge is 2.26. The number of ether oxygens (including phenoxy) is 3. The van der Waals surface area contributed by atoms with Gasteiger partial charge in [0.2, 0.25) is 17.6 Å². The first-order valence-corrected chi connectivity index (χ1v) is 10.8. The van der Waals surface area contributed by atoms with Crippen molar-refractivity contribution in [1.82, 2.24) is 0 Å². The van der Waals surface area contributed by atoms with Gasteiger partial charge in [-0.15, -0.1) is 0 Å². The van der Waals surface area contributed by atoms with Gasteiger partial charge >= 0.3 is 0 Å². The van der Waals surface area contributed by atoms with E-state index in [2.05, 4.69) is 10.3 Å². The van der Waals surface area contributed by atoms with Crippen LogP contribution in [-0.2, 0) is 4.79 Å². The summed E-state index contributed by atoms with van der Waals surface area (Å²) in [5.41, 5.74) is 13.3. The van der Waals surface area contributed by atoms with Crippen LogP contribution in [-0.4, -0.2) is 39.0 Å². The van der Waals surface area contributed by atoms with Crippen LogP contribution in [0.25, 0.3) is 0 Å². The molecule has 0 aliphatic heterocycles. The van der Waals surface area contributed by atoms with Crippen molar-refractivity contribution < 1.29 is 23.8 Å². The van der Waals surface area contributed by atoms with Crippen molar-refractivity contribution in [2.24, 2.45) is 22.4 Å². The maximum absolute atomic E-state index is 12.6. The summed E-state index contributed by atoms with van der Waals surface area (Å²) in [6.07, 6.45) is 5.15. The van der Waals surface area contributed by atoms with Crippen molar-refractivity contribution in [1.29, 1.82) is 0 Å². The van der Waals surface area contributed by atoms with Gasteiger partial charge in [-0.2, -0.15) is 0 Å². The molecule has 0 radical (unpaired) electrons. The van der Waals surface area contributed by atoms with E-state index in [1.54, 1.807) is 24.3 Å². The number of anilines is 1. The Morgan fingerprint density at radius 1 is 0.970 bits per heavy atom. The van der Waals surface area contributed by atoms with Crippen LogP contribution in [0.3, 0.4) is 0 Å². The second-order valence-electron chi connectivity index (χ2n) is 7.80. The van der Waals surface area contributed by atoms with E-state index in [-0.39, 0.29) is 46.0 Å². The van der Waals surface area contributed by atoms with Gasteiger partial charge in [0.15, 0.2) is 11.5 Å². The fraction of sp³-hybridized carbons (Fsp3) is 0.375. The molecule has 0 unspecified atom stereocenters. The fourth-order valence-electron chi connectivity index (χ4n) is 4.06. The highest BCUT2D eigenvalue weighted by Crippen LogP contribution is 2.42. The fourth-order valence-corrected chi connectivity index (χ4v) is 4.06. The summed E-state index contributed by atoms with van der Waals surface area (Å²) in [6, 6.07) is 8.44. The largest absolute Gasteiger partial charge is 0.493 e. The van der Waals surface area contributed by atoms with Crippen LogP contribution in [0.4, 0.5) is 11.4 Å². The molecular formula is C24H30N4O5. The number of hydrogen-bond donors (Lipinski definition) is 3. The zero-order valence-corrected chi connectivity index (χ0v) is 19.1. The normalized spacial score (nSPS) is 14.5. The van der Waals surface area contributed by atoms with Gasteiger partial charge in [0.1, 0.15) is 5.84 Å². The monoisotopic (exact) mass is 454 g/mol. The van der Waals surface area contributed by atoms with E-state index < -0.39 is 5.91 Å². The number of amidine groups is 1. The summed E-state index contributed by atoms with van der Waals surface area (Å²) in [7, 11) is 4.30. The standard InChI is InChI=1S/C24H30N4O5/c1-31-18-13-17(23(26)29)19(21(33-3)20(18)32-2)22(25)27-15-10-7-11-16(12-15)28-24(30)14-8-5-4-6-9-14/h7,10-14H,4-6,8-9H2,1-3H3,(H2,25,27)(H2,26,29)(H,28,30).